The number of alkyl halides is 3. The number of halogens is 3. The lowest BCUT2D eigenvalue weighted by molar-refractivity contribution is -0.137. The van der Waals surface area contributed by atoms with E-state index in [-0.39, 0.29) is 5.69 Å². The fourth-order valence-corrected chi connectivity index (χ4v) is 2.42. The van der Waals surface area contributed by atoms with Gasteiger partial charge in [-0.25, -0.2) is 4.98 Å². The molecule has 0 aliphatic rings. The average molecular weight is 344 g/mol. The Morgan fingerprint density at radius 2 is 1.88 bits per heavy atom. The summed E-state index contributed by atoms with van der Waals surface area (Å²) in [5.41, 5.74) is 0.876. The summed E-state index contributed by atoms with van der Waals surface area (Å²) in [7, 11) is 1.58. The van der Waals surface area contributed by atoms with Gasteiger partial charge in [0.1, 0.15) is 5.84 Å². The zero-order chi connectivity index (χ0) is 17.9. The molecule has 0 atom stereocenters. The van der Waals surface area contributed by atoms with Gasteiger partial charge in [-0.2, -0.15) is 13.2 Å². The van der Waals surface area contributed by atoms with E-state index < -0.39 is 11.7 Å². The first-order valence-electron chi connectivity index (χ1n) is 7.48. The number of aromatic nitrogens is 2. The molecular weight excluding hydrogens is 329 g/mol. The van der Waals surface area contributed by atoms with Gasteiger partial charge in [0.2, 0.25) is 0 Å². The molecule has 0 fully saturated rings. The molecule has 0 aliphatic carbocycles. The molecule has 1 N–H and O–H groups in total. The van der Waals surface area contributed by atoms with Crippen molar-refractivity contribution in [3.63, 3.8) is 0 Å². The van der Waals surface area contributed by atoms with Gasteiger partial charge in [0, 0.05) is 25.0 Å². The number of anilines is 1. The molecule has 0 bridgehead atoms. The van der Waals surface area contributed by atoms with Crippen LogP contribution in [0.3, 0.4) is 0 Å². The van der Waals surface area contributed by atoms with Crippen molar-refractivity contribution in [1.29, 1.82) is 0 Å². The standard InChI is InChI=1S/C18H15F3N4/c1-22-17(13-5-3-2-4-6-13)24-15-11-14(18(19,20)21)7-8-16(15)25-10-9-23-12-25/h2-12H,1H3,(H,22,24). The molecule has 1 heterocycles. The molecule has 2 aromatic carbocycles. The van der Waals surface area contributed by atoms with Gasteiger partial charge in [-0.1, -0.05) is 30.3 Å². The van der Waals surface area contributed by atoms with Crippen molar-refractivity contribution in [3.8, 4) is 5.69 Å². The summed E-state index contributed by atoms with van der Waals surface area (Å²) in [5.74, 6) is 0.473. The van der Waals surface area contributed by atoms with E-state index in [9.17, 15) is 13.2 Å². The minimum absolute atomic E-state index is 0.289. The third-order valence-electron chi connectivity index (χ3n) is 3.63. The van der Waals surface area contributed by atoms with Crippen molar-refractivity contribution in [3.05, 3.63) is 78.4 Å². The SMILES string of the molecule is CN=C(Nc1cc(C(F)(F)F)ccc1-n1ccnc1)c1ccccc1. The summed E-state index contributed by atoms with van der Waals surface area (Å²) < 4.78 is 41.0. The van der Waals surface area contributed by atoms with Gasteiger partial charge in [-0.3, -0.25) is 4.99 Å². The van der Waals surface area contributed by atoms with Crippen LogP contribution in [0.2, 0.25) is 0 Å². The topological polar surface area (TPSA) is 42.2 Å². The van der Waals surface area contributed by atoms with E-state index in [2.05, 4.69) is 15.3 Å². The van der Waals surface area contributed by atoms with Gasteiger partial charge in [-0.05, 0) is 18.2 Å². The number of hydrogen-bond donors (Lipinski definition) is 1. The van der Waals surface area contributed by atoms with Crippen molar-refractivity contribution in [2.45, 2.75) is 6.18 Å². The summed E-state index contributed by atoms with van der Waals surface area (Å²) in [4.78, 5) is 8.12. The zero-order valence-electron chi connectivity index (χ0n) is 13.3. The largest absolute Gasteiger partial charge is 0.416 e. The molecule has 0 spiro atoms. The van der Waals surface area contributed by atoms with Crippen LogP contribution in [0.4, 0.5) is 18.9 Å². The quantitative estimate of drug-likeness (QED) is 0.566. The van der Waals surface area contributed by atoms with Gasteiger partial charge in [0.15, 0.2) is 0 Å². The number of amidine groups is 1. The predicted octanol–water partition coefficient (Wildman–Crippen LogP) is 4.38. The second-order valence-electron chi connectivity index (χ2n) is 5.26. The fraction of sp³-hybridized carbons (Fsp3) is 0.111. The van der Waals surface area contributed by atoms with Crippen LogP contribution in [-0.2, 0) is 6.18 Å². The highest BCUT2D eigenvalue weighted by molar-refractivity contribution is 6.09. The Hall–Kier alpha value is -3.09. The van der Waals surface area contributed by atoms with Gasteiger partial charge in [0.05, 0.1) is 23.3 Å². The molecule has 0 radical (unpaired) electrons. The zero-order valence-corrected chi connectivity index (χ0v) is 13.3. The normalized spacial score (nSPS) is 12.2. The van der Waals surface area contributed by atoms with Gasteiger partial charge in [0.25, 0.3) is 0 Å². The molecule has 0 unspecified atom stereocenters. The lowest BCUT2D eigenvalue weighted by Crippen LogP contribution is -2.16. The summed E-state index contributed by atoms with van der Waals surface area (Å²) >= 11 is 0. The van der Waals surface area contributed by atoms with Crippen LogP contribution in [0.25, 0.3) is 5.69 Å². The Morgan fingerprint density at radius 3 is 2.48 bits per heavy atom. The Labute approximate surface area is 142 Å². The maximum Gasteiger partial charge on any atom is 0.416 e. The molecule has 7 heteroatoms. The molecule has 0 saturated heterocycles. The highest BCUT2D eigenvalue weighted by Crippen LogP contribution is 2.33. The number of imidazole rings is 1. The third-order valence-corrected chi connectivity index (χ3v) is 3.63. The van der Waals surface area contributed by atoms with E-state index in [0.717, 1.165) is 17.7 Å². The molecule has 0 saturated carbocycles. The smallest absolute Gasteiger partial charge is 0.338 e. The van der Waals surface area contributed by atoms with E-state index in [4.69, 9.17) is 0 Å². The van der Waals surface area contributed by atoms with Gasteiger partial charge >= 0.3 is 6.18 Å². The highest BCUT2D eigenvalue weighted by atomic mass is 19.4. The molecular formula is C18H15F3N4. The summed E-state index contributed by atoms with van der Waals surface area (Å²) in [6.45, 7) is 0. The molecule has 25 heavy (non-hydrogen) atoms. The number of nitrogens with one attached hydrogen (secondary N) is 1. The van der Waals surface area contributed by atoms with Gasteiger partial charge in [-0.15, -0.1) is 0 Å². The van der Waals surface area contributed by atoms with E-state index >= 15 is 0 Å². The van der Waals surface area contributed by atoms with Crippen LogP contribution < -0.4 is 5.32 Å². The van der Waals surface area contributed by atoms with Crippen LogP contribution in [0.1, 0.15) is 11.1 Å². The Balaban J connectivity index is 2.06. The Morgan fingerprint density at radius 1 is 1.12 bits per heavy atom. The average Bonchev–Trinajstić information content (AvgIpc) is 3.14. The first-order chi connectivity index (χ1) is 12.0. The first kappa shape index (κ1) is 16.8. The van der Waals surface area contributed by atoms with E-state index in [1.807, 2.05) is 30.3 Å². The van der Waals surface area contributed by atoms with E-state index in [1.165, 1.54) is 12.4 Å². The number of nitrogens with zero attached hydrogens (tertiary/aromatic N) is 3. The van der Waals surface area contributed by atoms with E-state index in [0.29, 0.717) is 11.5 Å². The van der Waals surface area contributed by atoms with Crippen molar-refractivity contribution < 1.29 is 13.2 Å². The van der Waals surface area contributed by atoms with Crippen LogP contribution in [0.15, 0.2) is 72.2 Å². The van der Waals surface area contributed by atoms with Crippen LogP contribution >= 0.6 is 0 Å². The molecule has 1 aromatic heterocycles. The molecule has 0 aliphatic heterocycles. The molecule has 128 valence electrons. The fourth-order valence-electron chi connectivity index (χ4n) is 2.42. The van der Waals surface area contributed by atoms with Crippen LogP contribution in [-0.4, -0.2) is 22.4 Å². The van der Waals surface area contributed by atoms with Crippen LogP contribution in [0.5, 0.6) is 0 Å². The molecule has 3 rings (SSSR count). The predicted molar refractivity (Wildman–Crippen MR) is 91.1 cm³/mol. The number of rotatable bonds is 3. The summed E-state index contributed by atoms with van der Waals surface area (Å²) in [6.07, 6.45) is 0.325. The maximum absolute atomic E-state index is 13.1. The second kappa shape index (κ2) is 6.80. The van der Waals surface area contributed by atoms with E-state index in [1.54, 1.807) is 24.0 Å². The molecule has 4 nitrogen and oxygen atoms in total. The molecule has 0 amide bonds. The van der Waals surface area contributed by atoms with Crippen LogP contribution in [0, 0.1) is 0 Å². The number of hydrogen-bond acceptors (Lipinski definition) is 2. The van der Waals surface area contributed by atoms with Crippen molar-refractivity contribution in [1.82, 2.24) is 9.55 Å². The second-order valence-corrected chi connectivity index (χ2v) is 5.26. The third kappa shape index (κ3) is 3.71. The minimum Gasteiger partial charge on any atom is -0.338 e. The van der Waals surface area contributed by atoms with Crippen molar-refractivity contribution >= 4 is 11.5 Å². The summed E-state index contributed by atoms with van der Waals surface area (Å²) in [5, 5.41) is 3.02. The summed E-state index contributed by atoms with van der Waals surface area (Å²) in [6, 6.07) is 12.7. The lowest BCUT2D eigenvalue weighted by atomic mass is 10.1. The molecule has 3 aromatic rings. The van der Waals surface area contributed by atoms with Gasteiger partial charge < -0.3 is 9.88 Å². The minimum atomic E-state index is -4.43. The van der Waals surface area contributed by atoms with Crippen molar-refractivity contribution in [2.24, 2.45) is 4.99 Å². The monoisotopic (exact) mass is 344 g/mol. The first-order valence-corrected chi connectivity index (χ1v) is 7.48. The Bertz CT molecular complexity index is 869. The Kier molecular flexibility index (Phi) is 4.56. The number of aliphatic imine (C=N–C) groups is 1. The highest BCUT2D eigenvalue weighted by Gasteiger charge is 2.31. The van der Waals surface area contributed by atoms with Crippen molar-refractivity contribution in [2.75, 3.05) is 12.4 Å². The number of benzene rings is 2. The maximum atomic E-state index is 13.1. The lowest BCUT2D eigenvalue weighted by Gasteiger charge is -2.17.